The van der Waals surface area contributed by atoms with Crippen LogP contribution in [0.2, 0.25) is 5.02 Å². The van der Waals surface area contributed by atoms with E-state index < -0.39 is 10.0 Å². The largest absolute Gasteiger partial charge is 0.495 e. The molecule has 1 aliphatic heterocycles. The zero-order valence-corrected chi connectivity index (χ0v) is 17.1. The number of hydrogen-bond donors (Lipinski definition) is 2. The van der Waals surface area contributed by atoms with Gasteiger partial charge in [0.2, 0.25) is 10.0 Å². The van der Waals surface area contributed by atoms with Crippen LogP contribution in [0, 0.1) is 0 Å². The first-order valence-corrected chi connectivity index (χ1v) is 10.6. The molecule has 1 heterocycles. The van der Waals surface area contributed by atoms with Crippen molar-refractivity contribution in [2.24, 2.45) is 0 Å². The molecule has 1 aliphatic rings. The van der Waals surface area contributed by atoms with Gasteiger partial charge in [-0.05, 0) is 67.5 Å². The SMILES string of the molecule is COc1ccc(S(=O)(=O)N2CCCC2)cc1NC(=S)Nc1ccc(Cl)cc1. The Balaban J connectivity index is 1.81. The molecule has 3 rings (SSSR count). The molecule has 9 heteroatoms. The van der Waals surface area contributed by atoms with Gasteiger partial charge in [0.1, 0.15) is 5.75 Å². The van der Waals surface area contributed by atoms with Gasteiger partial charge in [-0.2, -0.15) is 4.31 Å². The summed E-state index contributed by atoms with van der Waals surface area (Å²) in [6.07, 6.45) is 1.77. The molecule has 6 nitrogen and oxygen atoms in total. The first kappa shape index (κ1) is 19.9. The third kappa shape index (κ3) is 4.70. The van der Waals surface area contributed by atoms with Gasteiger partial charge in [0.25, 0.3) is 0 Å². The lowest BCUT2D eigenvalue weighted by atomic mass is 10.3. The molecule has 0 radical (unpaired) electrons. The minimum atomic E-state index is -3.53. The van der Waals surface area contributed by atoms with Gasteiger partial charge in [-0.25, -0.2) is 8.42 Å². The first-order valence-electron chi connectivity index (χ1n) is 8.42. The highest BCUT2D eigenvalue weighted by atomic mass is 35.5. The molecule has 0 spiro atoms. The average molecular weight is 426 g/mol. The summed E-state index contributed by atoms with van der Waals surface area (Å²) >= 11 is 11.2. The molecule has 0 unspecified atom stereocenters. The van der Waals surface area contributed by atoms with Crippen LogP contribution in [0.25, 0.3) is 0 Å². The van der Waals surface area contributed by atoms with E-state index in [9.17, 15) is 8.42 Å². The predicted molar refractivity (Wildman–Crippen MR) is 112 cm³/mol. The van der Waals surface area contributed by atoms with Crippen molar-refractivity contribution in [2.45, 2.75) is 17.7 Å². The average Bonchev–Trinajstić information content (AvgIpc) is 3.19. The minimum absolute atomic E-state index is 0.210. The molecule has 27 heavy (non-hydrogen) atoms. The molecule has 2 N–H and O–H groups in total. The number of sulfonamides is 1. The van der Waals surface area contributed by atoms with E-state index in [2.05, 4.69) is 10.6 Å². The Labute approximate surface area is 169 Å². The molecule has 1 fully saturated rings. The standard InChI is InChI=1S/C18H20ClN3O3S2/c1-25-17-9-8-15(27(23,24)22-10-2-3-11-22)12-16(17)21-18(26)20-14-6-4-13(19)5-7-14/h4-9,12H,2-3,10-11H2,1H3,(H2,20,21,26). The lowest BCUT2D eigenvalue weighted by Gasteiger charge is -2.18. The van der Waals surface area contributed by atoms with Crippen LogP contribution in [-0.4, -0.2) is 38.0 Å². The molecule has 0 bridgehead atoms. The van der Waals surface area contributed by atoms with E-state index in [0.717, 1.165) is 18.5 Å². The summed E-state index contributed by atoms with van der Waals surface area (Å²) in [5, 5.41) is 6.97. The maximum Gasteiger partial charge on any atom is 0.243 e. The number of halogens is 1. The molecule has 2 aromatic rings. The van der Waals surface area contributed by atoms with Crippen molar-refractivity contribution in [3.05, 3.63) is 47.5 Å². The molecule has 0 aliphatic carbocycles. The number of thiocarbonyl (C=S) groups is 1. The van der Waals surface area contributed by atoms with Crippen LogP contribution in [-0.2, 0) is 10.0 Å². The summed E-state index contributed by atoms with van der Waals surface area (Å²) in [6, 6.07) is 11.8. The van der Waals surface area contributed by atoms with Crippen molar-refractivity contribution in [1.82, 2.24) is 4.31 Å². The van der Waals surface area contributed by atoms with Crippen molar-refractivity contribution < 1.29 is 13.2 Å². The Morgan fingerprint density at radius 2 is 1.78 bits per heavy atom. The van der Waals surface area contributed by atoms with Gasteiger partial charge in [0.05, 0.1) is 17.7 Å². The number of nitrogens with zero attached hydrogens (tertiary/aromatic N) is 1. The van der Waals surface area contributed by atoms with Crippen LogP contribution >= 0.6 is 23.8 Å². The quantitative estimate of drug-likeness (QED) is 0.707. The number of hydrogen-bond acceptors (Lipinski definition) is 4. The van der Waals surface area contributed by atoms with E-state index in [4.69, 9.17) is 28.6 Å². The molecule has 0 saturated carbocycles. The number of nitrogens with one attached hydrogen (secondary N) is 2. The summed E-state index contributed by atoms with van der Waals surface area (Å²) in [5.41, 5.74) is 1.24. The molecule has 0 atom stereocenters. The summed E-state index contributed by atoms with van der Waals surface area (Å²) in [7, 11) is -2.01. The highest BCUT2D eigenvalue weighted by molar-refractivity contribution is 7.89. The summed E-state index contributed by atoms with van der Waals surface area (Å²) in [5.74, 6) is 0.496. The van der Waals surface area contributed by atoms with Crippen LogP contribution in [0.1, 0.15) is 12.8 Å². The topological polar surface area (TPSA) is 70.7 Å². The number of benzene rings is 2. The highest BCUT2D eigenvalue weighted by Gasteiger charge is 2.27. The van der Waals surface area contributed by atoms with Gasteiger partial charge in [0, 0.05) is 23.8 Å². The van der Waals surface area contributed by atoms with E-state index in [-0.39, 0.29) is 4.90 Å². The molecular weight excluding hydrogens is 406 g/mol. The second kappa shape index (κ2) is 8.43. The van der Waals surface area contributed by atoms with E-state index in [0.29, 0.717) is 34.7 Å². The van der Waals surface area contributed by atoms with Gasteiger partial charge >= 0.3 is 0 Å². The second-order valence-corrected chi connectivity index (χ2v) is 8.84. The summed E-state index contributed by atoms with van der Waals surface area (Å²) < 4.78 is 32.4. The highest BCUT2D eigenvalue weighted by Crippen LogP contribution is 2.30. The van der Waals surface area contributed by atoms with Crippen LogP contribution in [0.5, 0.6) is 5.75 Å². The number of methoxy groups -OCH3 is 1. The van der Waals surface area contributed by atoms with Crippen molar-refractivity contribution >= 4 is 50.3 Å². The Hall–Kier alpha value is -1.87. The number of rotatable bonds is 5. The zero-order chi connectivity index (χ0) is 19.4. The van der Waals surface area contributed by atoms with E-state index >= 15 is 0 Å². The van der Waals surface area contributed by atoms with Crippen molar-refractivity contribution in [3.63, 3.8) is 0 Å². The third-order valence-corrected chi connectivity index (χ3v) is 6.57. The van der Waals surface area contributed by atoms with E-state index in [1.807, 2.05) is 0 Å². The minimum Gasteiger partial charge on any atom is -0.495 e. The molecule has 0 aromatic heterocycles. The Morgan fingerprint density at radius 1 is 1.11 bits per heavy atom. The van der Waals surface area contributed by atoms with Crippen LogP contribution in [0.15, 0.2) is 47.4 Å². The molecule has 2 aromatic carbocycles. The normalized spacial score (nSPS) is 14.7. The molecular formula is C18H20ClN3O3S2. The monoisotopic (exact) mass is 425 g/mol. The van der Waals surface area contributed by atoms with Crippen LogP contribution < -0.4 is 15.4 Å². The zero-order valence-electron chi connectivity index (χ0n) is 14.7. The Kier molecular flexibility index (Phi) is 6.21. The molecule has 144 valence electrons. The van der Waals surface area contributed by atoms with E-state index in [1.165, 1.54) is 11.4 Å². The van der Waals surface area contributed by atoms with Gasteiger partial charge in [-0.1, -0.05) is 11.6 Å². The van der Waals surface area contributed by atoms with Gasteiger partial charge in [-0.3, -0.25) is 0 Å². The maximum absolute atomic E-state index is 12.8. The fourth-order valence-electron chi connectivity index (χ4n) is 2.84. The third-order valence-electron chi connectivity index (χ3n) is 4.22. The fourth-order valence-corrected chi connectivity index (χ4v) is 4.74. The van der Waals surface area contributed by atoms with Crippen LogP contribution in [0.3, 0.4) is 0 Å². The smallest absolute Gasteiger partial charge is 0.243 e. The first-order chi connectivity index (χ1) is 12.9. The fraction of sp³-hybridized carbons (Fsp3) is 0.278. The number of anilines is 2. The van der Waals surface area contributed by atoms with E-state index in [1.54, 1.807) is 42.5 Å². The maximum atomic E-state index is 12.8. The van der Waals surface area contributed by atoms with Gasteiger partial charge in [0.15, 0.2) is 5.11 Å². The van der Waals surface area contributed by atoms with Crippen LogP contribution in [0.4, 0.5) is 11.4 Å². The lowest BCUT2D eigenvalue weighted by Crippen LogP contribution is -2.28. The Bertz CT molecular complexity index is 927. The number of ether oxygens (including phenoxy) is 1. The van der Waals surface area contributed by atoms with Crippen molar-refractivity contribution in [2.75, 3.05) is 30.8 Å². The van der Waals surface area contributed by atoms with Gasteiger partial charge in [-0.15, -0.1) is 0 Å². The Morgan fingerprint density at radius 3 is 2.41 bits per heavy atom. The van der Waals surface area contributed by atoms with Gasteiger partial charge < -0.3 is 15.4 Å². The lowest BCUT2D eigenvalue weighted by molar-refractivity contribution is 0.416. The van der Waals surface area contributed by atoms with Crippen molar-refractivity contribution in [1.29, 1.82) is 0 Å². The predicted octanol–water partition coefficient (Wildman–Crippen LogP) is 3.94. The molecule has 1 saturated heterocycles. The summed E-state index contributed by atoms with van der Waals surface area (Å²) in [6.45, 7) is 1.10. The summed E-state index contributed by atoms with van der Waals surface area (Å²) in [4.78, 5) is 0.210. The second-order valence-electron chi connectivity index (χ2n) is 6.06. The van der Waals surface area contributed by atoms with Crippen molar-refractivity contribution in [3.8, 4) is 5.75 Å². The molecule has 0 amide bonds.